The number of hydrogen-bond acceptors (Lipinski definition) is 4. The van der Waals surface area contributed by atoms with Gasteiger partial charge in [0.25, 0.3) is 0 Å². The molecule has 2 heterocycles. The van der Waals surface area contributed by atoms with Crippen LogP contribution >= 0.6 is 0 Å². The van der Waals surface area contributed by atoms with Crippen LogP contribution in [0, 0.1) is 5.92 Å². The van der Waals surface area contributed by atoms with Crippen LogP contribution in [0.5, 0.6) is 5.75 Å². The maximum atomic E-state index is 11.8. The second-order valence-corrected chi connectivity index (χ2v) is 6.56. The highest BCUT2D eigenvalue weighted by Gasteiger charge is 2.35. The first-order chi connectivity index (χ1) is 12.1. The number of amides is 1. The number of hydrogen-bond donors (Lipinski definition) is 2. The Balaban J connectivity index is 1.69. The molecule has 1 aliphatic carbocycles. The van der Waals surface area contributed by atoms with Gasteiger partial charge in [-0.3, -0.25) is 9.79 Å². The van der Waals surface area contributed by atoms with Crippen LogP contribution in [0.25, 0.3) is 0 Å². The third-order valence-corrected chi connectivity index (χ3v) is 5.13. The average Bonchev–Trinajstić information content (AvgIpc) is 2.93. The summed E-state index contributed by atoms with van der Waals surface area (Å²) in [5.41, 5.74) is 4.23. The van der Waals surface area contributed by atoms with Gasteiger partial charge in [0, 0.05) is 36.0 Å². The minimum atomic E-state index is -1.000. The molecule has 0 saturated heterocycles. The van der Waals surface area contributed by atoms with Crippen LogP contribution in [0.3, 0.4) is 0 Å². The van der Waals surface area contributed by atoms with Gasteiger partial charge in [0.1, 0.15) is 11.3 Å². The van der Waals surface area contributed by atoms with Crippen molar-refractivity contribution in [2.45, 2.75) is 18.8 Å². The second-order valence-electron chi connectivity index (χ2n) is 6.56. The van der Waals surface area contributed by atoms with Crippen LogP contribution in [0.2, 0.25) is 0 Å². The van der Waals surface area contributed by atoms with Crippen LogP contribution in [-0.2, 0) is 4.79 Å². The Morgan fingerprint density at radius 3 is 2.96 bits per heavy atom. The lowest BCUT2D eigenvalue weighted by molar-refractivity contribution is -0.116. The van der Waals surface area contributed by atoms with Crippen LogP contribution in [-0.4, -0.2) is 36.9 Å². The number of carboxylic acids is 1. The highest BCUT2D eigenvalue weighted by atomic mass is 16.5. The van der Waals surface area contributed by atoms with Gasteiger partial charge in [-0.25, -0.2) is 4.79 Å². The largest absolute Gasteiger partial charge is 0.496 e. The van der Waals surface area contributed by atoms with Crippen LogP contribution in [0.4, 0.5) is 0 Å². The Kier molecular flexibility index (Phi) is 3.67. The first kappa shape index (κ1) is 15.6. The van der Waals surface area contributed by atoms with Gasteiger partial charge in [-0.05, 0) is 42.0 Å². The first-order valence-corrected chi connectivity index (χ1v) is 8.25. The zero-order valence-electron chi connectivity index (χ0n) is 13.8. The zero-order chi connectivity index (χ0) is 17.6. The van der Waals surface area contributed by atoms with E-state index in [1.165, 1.54) is 12.7 Å². The van der Waals surface area contributed by atoms with Crippen LogP contribution in [0.15, 0.2) is 46.1 Å². The summed E-state index contributed by atoms with van der Waals surface area (Å²) in [5, 5.41) is 12.3. The SMILES string of the molecule is COc1ccc(C2CC3=C4C(=CC(=O)NCC4C2)C=N3)cc1C(=O)O. The monoisotopic (exact) mass is 338 g/mol. The van der Waals surface area contributed by atoms with E-state index in [0.29, 0.717) is 12.3 Å². The fourth-order valence-corrected chi connectivity index (χ4v) is 3.98. The molecule has 2 aliphatic heterocycles. The Bertz CT molecular complexity index is 866. The topological polar surface area (TPSA) is 88.0 Å². The molecule has 2 N–H and O–H groups in total. The first-order valence-electron chi connectivity index (χ1n) is 8.25. The number of methoxy groups -OCH3 is 1. The van der Waals surface area contributed by atoms with Gasteiger partial charge in [-0.1, -0.05) is 6.07 Å². The molecule has 1 aromatic rings. The molecule has 2 atom stereocenters. The number of aliphatic imine (C=N–C) groups is 1. The van der Waals surface area contributed by atoms with E-state index in [1.807, 2.05) is 6.07 Å². The number of ether oxygens (including phenoxy) is 1. The van der Waals surface area contributed by atoms with E-state index < -0.39 is 5.97 Å². The molecule has 0 spiro atoms. The molecule has 3 aliphatic rings. The lowest BCUT2D eigenvalue weighted by atomic mass is 9.75. The molecular weight excluding hydrogens is 320 g/mol. The van der Waals surface area contributed by atoms with Crippen molar-refractivity contribution in [2.24, 2.45) is 10.9 Å². The number of carbonyl (C=O) groups is 2. The maximum Gasteiger partial charge on any atom is 0.339 e. The molecule has 6 heteroatoms. The van der Waals surface area contributed by atoms with E-state index in [-0.39, 0.29) is 23.3 Å². The Morgan fingerprint density at radius 1 is 1.36 bits per heavy atom. The fourth-order valence-electron chi connectivity index (χ4n) is 3.98. The predicted octanol–water partition coefficient (Wildman–Crippen LogP) is 2.28. The van der Waals surface area contributed by atoms with Crippen LogP contribution < -0.4 is 10.1 Å². The molecule has 4 rings (SSSR count). The molecule has 0 fully saturated rings. The average molecular weight is 338 g/mol. The number of rotatable bonds is 3. The van der Waals surface area contributed by atoms with E-state index in [9.17, 15) is 14.7 Å². The Labute approximate surface area is 144 Å². The Hall–Kier alpha value is -2.89. The van der Waals surface area contributed by atoms with Gasteiger partial charge in [-0.2, -0.15) is 0 Å². The van der Waals surface area contributed by atoms with Crippen molar-refractivity contribution in [2.75, 3.05) is 13.7 Å². The predicted molar refractivity (Wildman–Crippen MR) is 92.0 cm³/mol. The summed E-state index contributed by atoms with van der Waals surface area (Å²) in [4.78, 5) is 27.8. The third-order valence-electron chi connectivity index (χ3n) is 5.13. The molecule has 0 aromatic heterocycles. The fraction of sp³-hybridized carbons (Fsp3) is 0.316. The standard InChI is InChI=1S/C19H18N2O4/c1-25-16-3-2-10(5-14(16)19(23)24)11-4-12-9-21-17(22)7-13-8-20-15(6-11)18(12)13/h2-3,5,7-8,11-12H,4,6,9H2,1H3,(H,21,22)(H,23,24). The summed E-state index contributed by atoms with van der Waals surface area (Å²) in [6.45, 7) is 0.583. The maximum absolute atomic E-state index is 11.8. The molecule has 1 amide bonds. The number of carboxylic acid groups (broad SMARTS) is 1. The summed E-state index contributed by atoms with van der Waals surface area (Å²) >= 11 is 0. The molecule has 1 aromatic carbocycles. The number of benzene rings is 1. The normalized spacial score (nSPS) is 24.4. The van der Waals surface area contributed by atoms with Crippen molar-refractivity contribution in [3.05, 3.63) is 52.2 Å². The quantitative estimate of drug-likeness (QED) is 0.885. The molecule has 0 bridgehead atoms. The summed E-state index contributed by atoms with van der Waals surface area (Å²) in [6.07, 6.45) is 4.98. The molecule has 0 saturated carbocycles. The van der Waals surface area contributed by atoms with Gasteiger partial charge in [0.2, 0.25) is 5.91 Å². The minimum Gasteiger partial charge on any atom is -0.496 e. The number of nitrogens with one attached hydrogen (secondary N) is 1. The second kappa shape index (κ2) is 5.88. The van der Waals surface area contributed by atoms with Crippen molar-refractivity contribution in [1.82, 2.24) is 5.32 Å². The molecule has 2 unspecified atom stereocenters. The number of aromatic carboxylic acids is 1. The molecule has 6 nitrogen and oxygen atoms in total. The van der Waals surface area contributed by atoms with E-state index >= 15 is 0 Å². The third kappa shape index (κ3) is 2.63. The van der Waals surface area contributed by atoms with Crippen molar-refractivity contribution in [3.63, 3.8) is 0 Å². The highest BCUT2D eigenvalue weighted by molar-refractivity contribution is 6.00. The summed E-state index contributed by atoms with van der Waals surface area (Å²) in [5.74, 6) is -0.361. The number of nitrogens with zero attached hydrogens (tertiary/aromatic N) is 1. The van der Waals surface area contributed by atoms with Gasteiger partial charge in [-0.15, -0.1) is 0 Å². The lowest BCUT2D eigenvalue weighted by Gasteiger charge is -2.30. The number of carbonyl (C=O) groups excluding carboxylic acids is 1. The molecule has 0 radical (unpaired) electrons. The van der Waals surface area contributed by atoms with E-state index in [1.54, 1.807) is 24.4 Å². The van der Waals surface area contributed by atoms with Gasteiger partial charge >= 0.3 is 5.97 Å². The Morgan fingerprint density at radius 2 is 2.20 bits per heavy atom. The van der Waals surface area contributed by atoms with Crippen molar-refractivity contribution >= 4 is 18.1 Å². The van der Waals surface area contributed by atoms with E-state index in [0.717, 1.165) is 29.7 Å². The van der Waals surface area contributed by atoms with E-state index in [2.05, 4.69) is 10.3 Å². The van der Waals surface area contributed by atoms with Crippen LogP contribution in [0.1, 0.15) is 34.7 Å². The van der Waals surface area contributed by atoms with Crippen molar-refractivity contribution < 1.29 is 19.4 Å². The van der Waals surface area contributed by atoms with Crippen molar-refractivity contribution in [1.29, 1.82) is 0 Å². The smallest absolute Gasteiger partial charge is 0.339 e. The lowest BCUT2D eigenvalue weighted by Crippen LogP contribution is -2.29. The molecule has 128 valence electrons. The summed E-state index contributed by atoms with van der Waals surface area (Å²) < 4.78 is 5.14. The van der Waals surface area contributed by atoms with Gasteiger partial charge in [0.05, 0.1) is 7.11 Å². The minimum absolute atomic E-state index is 0.0845. The molecular formula is C19H18N2O4. The number of allylic oxidation sites excluding steroid dienone is 2. The zero-order valence-corrected chi connectivity index (χ0v) is 13.8. The van der Waals surface area contributed by atoms with E-state index in [4.69, 9.17) is 4.74 Å². The summed E-state index contributed by atoms with van der Waals surface area (Å²) in [7, 11) is 1.47. The van der Waals surface area contributed by atoms with Gasteiger partial charge < -0.3 is 15.2 Å². The van der Waals surface area contributed by atoms with Crippen molar-refractivity contribution in [3.8, 4) is 5.75 Å². The molecule has 25 heavy (non-hydrogen) atoms. The highest BCUT2D eigenvalue weighted by Crippen LogP contribution is 2.45. The summed E-state index contributed by atoms with van der Waals surface area (Å²) in [6, 6.07) is 5.33. The van der Waals surface area contributed by atoms with Gasteiger partial charge in [0.15, 0.2) is 0 Å².